The van der Waals surface area contributed by atoms with Crippen LogP contribution in [-0.2, 0) is 9.47 Å². The van der Waals surface area contributed by atoms with E-state index in [-0.39, 0.29) is 6.04 Å². The fourth-order valence-corrected chi connectivity index (χ4v) is 1.61. The van der Waals surface area contributed by atoms with Gasteiger partial charge in [0.1, 0.15) is 12.4 Å². The lowest BCUT2D eigenvalue weighted by Crippen LogP contribution is -2.12. The number of hydrogen-bond donors (Lipinski definition) is 1. The summed E-state index contributed by atoms with van der Waals surface area (Å²) >= 11 is 0. The standard InChI is InChI=1S/C14H23NO3/c1-12(15)13-6-3-4-7-14(13)18-11-10-17-9-5-8-16-2/h3-4,6-7,12H,5,8-11,15H2,1-2H3/t12-/m0/s1. The van der Waals surface area contributed by atoms with E-state index in [1.54, 1.807) is 7.11 Å². The molecule has 0 aromatic heterocycles. The average Bonchev–Trinajstić information content (AvgIpc) is 2.38. The lowest BCUT2D eigenvalue weighted by Gasteiger charge is -2.13. The van der Waals surface area contributed by atoms with Crippen molar-refractivity contribution in [2.24, 2.45) is 5.73 Å². The van der Waals surface area contributed by atoms with Crippen LogP contribution in [0.5, 0.6) is 5.75 Å². The first-order chi connectivity index (χ1) is 8.75. The maximum atomic E-state index is 5.87. The monoisotopic (exact) mass is 253 g/mol. The first kappa shape index (κ1) is 15.0. The van der Waals surface area contributed by atoms with E-state index in [4.69, 9.17) is 19.9 Å². The highest BCUT2D eigenvalue weighted by atomic mass is 16.5. The Labute approximate surface area is 109 Å². The summed E-state index contributed by atoms with van der Waals surface area (Å²) in [5.74, 6) is 0.841. The molecule has 0 aliphatic rings. The van der Waals surface area contributed by atoms with E-state index in [9.17, 15) is 0 Å². The Balaban J connectivity index is 2.23. The molecule has 1 rings (SSSR count). The van der Waals surface area contributed by atoms with Crippen LogP contribution < -0.4 is 10.5 Å². The van der Waals surface area contributed by atoms with E-state index in [0.717, 1.165) is 24.3 Å². The van der Waals surface area contributed by atoms with Crippen molar-refractivity contribution >= 4 is 0 Å². The van der Waals surface area contributed by atoms with Crippen LogP contribution in [0.15, 0.2) is 24.3 Å². The summed E-state index contributed by atoms with van der Waals surface area (Å²) in [6, 6.07) is 7.81. The van der Waals surface area contributed by atoms with Gasteiger partial charge in [-0.15, -0.1) is 0 Å². The highest BCUT2D eigenvalue weighted by Crippen LogP contribution is 2.22. The lowest BCUT2D eigenvalue weighted by atomic mass is 10.1. The molecule has 0 heterocycles. The van der Waals surface area contributed by atoms with Gasteiger partial charge in [-0.1, -0.05) is 18.2 Å². The molecule has 0 saturated heterocycles. The minimum absolute atomic E-state index is 0.0242. The van der Waals surface area contributed by atoms with Gasteiger partial charge in [0, 0.05) is 31.9 Å². The quantitative estimate of drug-likeness (QED) is 0.685. The average molecular weight is 253 g/mol. The van der Waals surface area contributed by atoms with E-state index in [1.807, 2.05) is 31.2 Å². The maximum Gasteiger partial charge on any atom is 0.124 e. The first-order valence-corrected chi connectivity index (χ1v) is 6.29. The van der Waals surface area contributed by atoms with Crippen molar-refractivity contribution in [1.82, 2.24) is 0 Å². The van der Waals surface area contributed by atoms with Gasteiger partial charge in [0.15, 0.2) is 0 Å². The van der Waals surface area contributed by atoms with Crippen molar-refractivity contribution in [2.75, 3.05) is 33.5 Å². The van der Waals surface area contributed by atoms with Gasteiger partial charge in [0.2, 0.25) is 0 Å². The van der Waals surface area contributed by atoms with E-state index < -0.39 is 0 Å². The van der Waals surface area contributed by atoms with Crippen LogP contribution in [0.3, 0.4) is 0 Å². The summed E-state index contributed by atoms with van der Waals surface area (Å²) in [4.78, 5) is 0. The predicted octanol–water partition coefficient (Wildman–Crippen LogP) is 2.14. The number of benzene rings is 1. The number of nitrogens with two attached hydrogens (primary N) is 1. The summed E-state index contributed by atoms with van der Waals surface area (Å²) in [6.45, 7) is 4.50. The van der Waals surface area contributed by atoms with Gasteiger partial charge in [-0.2, -0.15) is 0 Å². The third kappa shape index (κ3) is 5.49. The van der Waals surface area contributed by atoms with Crippen LogP contribution in [-0.4, -0.2) is 33.5 Å². The molecule has 0 unspecified atom stereocenters. The zero-order chi connectivity index (χ0) is 13.2. The summed E-state index contributed by atoms with van der Waals surface area (Å²) in [6.07, 6.45) is 0.910. The van der Waals surface area contributed by atoms with Crippen molar-refractivity contribution in [3.8, 4) is 5.75 Å². The second kappa shape index (κ2) is 8.91. The summed E-state index contributed by atoms with van der Waals surface area (Å²) in [5.41, 5.74) is 6.90. The van der Waals surface area contributed by atoms with Crippen molar-refractivity contribution < 1.29 is 14.2 Å². The molecule has 4 heteroatoms. The molecular weight excluding hydrogens is 230 g/mol. The lowest BCUT2D eigenvalue weighted by molar-refractivity contribution is 0.0803. The number of methoxy groups -OCH3 is 1. The topological polar surface area (TPSA) is 53.7 Å². The normalized spacial score (nSPS) is 12.4. The summed E-state index contributed by atoms with van der Waals surface area (Å²) in [5, 5.41) is 0. The second-order valence-corrected chi connectivity index (χ2v) is 4.13. The van der Waals surface area contributed by atoms with Crippen LogP contribution in [0.25, 0.3) is 0 Å². The molecule has 1 aromatic carbocycles. The number of rotatable bonds is 9. The Kier molecular flexibility index (Phi) is 7.41. The summed E-state index contributed by atoms with van der Waals surface area (Å²) in [7, 11) is 1.69. The van der Waals surface area contributed by atoms with Gasteiger partial charge >= 0.3 is 0 Å². The van der Waals surface area contributed by atoms with Crippen molar-refractivity contribution in [2.45, 2.75) is 19.4 Å². The van der Waals surface area contributed by atoms with Crippen LogP contribution in [0.2, 0.25) is 0 Å². The zero-order valence-electron chi connectivity index (χ0n) is 11.2. The SMILES string of the molecule is COCCCOCCOc1ccccc1[C@H](C)N. The fourth-order valence-electron chi connectivity index (χ4n) is 1.61. The van der Waals surface area contributed by atoms with Gasteiger partial charge in [-0.3, -0.25) is 0 Å². The minimum Gasteiger partial charge on any atom is -0.491 e. The van der Waals surface area contributed by atoms with E-state index >= 15 is 0 Å². The molecule has 0 saturated carbocycles. The molecule has 102 valence electrons. The zero-order valence-corrected chi connectivity index (χ0v) is 11.2. The molecule has 0 bridgehead atoms. The van der Waals surface area contributed by atoms with Gasteiger partial charge < -0.3 is 19.9 Å². The van der Waals surface area contributed by atoms with Crippen LogP contribution in [0.4, 0.5) is 0 Å². The second-order valence-electron chi connectivity index (χ2n) is 4.13. The number of para-hydroxylation sites is 1. The molecule has 1 aromatic rings. The molecule has 0 fully saturated rings. The van der Waals surface area contributed by atoms with Crippen molar-refractivity contribution in [1.29, 1.82) is 0 Å². The molecule has 0 aliphatic carbocycles. The molecule has 1 atom stereocenters. The van der Waals surface area contributed by atoms with Gasteiger partial charge in [-0.05, 0) is 19.4 Å². The minimum atomic E-state index is -0.0242. The van der Waals surface area contributed by atoms with E-state index in [0.29, 0.717) is 19.8 Å². The molecule has 0 spiro atoms. The Morgan fingerprint density at radius 2 is 1.89 bits per heavy atom. The summed E-state index contributed by atoms with van der Waals surface area (Å²) < 4.78 is 16.0. The molecule has 2 N–H and O–H groups in total. The number of hydrogen-bond acceptors (Lipinski definition) is 4. The molecule has 4 nitrogen and oxygen atoms in total. The highest BCUT2D eigenvalue weighted by Gasteiger charge is 2.06. The molecule has 18 heavy (non-hydrogen) atoms. The Bertz CT molecular complexity index is 329. The molecule has 0 aliphatic heterocycles. The first-order valence-electron chi connectivity index (χ1n) is 6.29. The molecular formula is C14H23NO3. The Morgan fingerprint density at radius 3 is 2.61 bits per heavy atom. The van der Waals surface area contributed by atoms with Crippen LogP contribution in [0, 0.1) is 0 Å². The van der Waals surface area contributed by atoms with E-state index in [2.05, 4.69) is 0 Å². The smallest absolute Gasteiger partial charge is 0.124 e. The maximum absolute atomic E-state index is 5.87. The molecule has 0 amide bonds. The van der Waals surface area contributed by atoms with Gasteiger partial charge in [0.25, 0.3) is 0 Å². The van der Waals surface area contributed by atoms with Crippen molar-refractivity contribution in [3.05, 3.63) is 29.8 Å². The van der Waals surface area contributed by atoms with Crippen LogP contribution in [0.1, 0.15) is 24.9 Å². The largest absolute Gasteiger partial charge is 0.491 e. The third-order valence-corrected chi connectivity index (χ3v) is 2.53. The Morgan fingerprint density at radius 1 is 1.11 bits per heavy atom. The van der Waals surface area contributed by atoms with E-state index in [1.165, 1.54) is 0 Å². The number of ether oxygens (including phenoxy) is 3. The third-order valence-electron chi connectivity index (χ3n) is 2.53. The Hall–Kier alpha value is -1.10. The fraction of sp³-hybridized carbons (Fsp3) is 0.571. The molecule has 0 radical (unpaired) electrons. The van der Waals surface area contributed by atoms with Gasteiger partial charge in [-0.25, -0.2) is 0 Å². The van der Waals surface area contributed by atoms with Crippen molar-refractivity contribution in [3.63, 3.8) is 0 Å². The van der Waals surface area contributed by atoms with Crippen LogP contribution >= 0.6 is 0 Å². The predicted molar refractivity (Wildman–Crippen MR) is 71.9 cm³/mol. The highest BCUT2D eigenvalue weighted by molar-refractivity contribution is 5.35. The van der Waals surface area contributed by atoms with Gasteiger partial charge in [0.05, 0.1) is 6.61 Å².